The van der Waals surface area contributed by atoms with Crippen molar-refractivity contribution in [2.45, 2.75) is 136 Å². The molecule has 4 rings (SSSR count). The van der Waals surface area contributed by atoms with Crippen LogP contribution in [0.4, 0.5) is 11.4 Å². The van der Waals surface area contributed by atoms with E-state index in [9.17, 15) is 89.3 Å². The van der Waals surface area contributed by atoms with Crippen molar-refractivity contribution in [1.82, 2.24) is 15.4 Å². The average molecular weight is 1190 g/mol. The van der Waals surface area contributed by atoms with Gasteiger partial charge in [-0.1, -0.05) is 34.1 Å². The SMILES string of the molecule is CO[C@H]1C(COS(=O)(=O)O)O[C@@H](O[C@H]2C(C(=O)O)O[C@@H](OCC(O)[C@H](O)[C@H](O)C(O)CNc3cccc(NC(=O)CCCNC(=O)CNC(=O)CCCCC4CCSS4)c3)C(OS(=O)(=O)O)[C@H]2O)C(NS(=O)(=O)O)[C@H]1O. The molecule has 15 N–H and O–H groups in total. The molecule has 1 aromatic rings. The van der Waals surface area contributed by atoms with Gasteiger partial charge in [0, 0.05) is 55.4 Å². The lowest BCUT2D eigenvalue weighted by atomic mass is 9.95. The van der Waals surface area contributed by atoms with Crippen LogP contribution in [0.1, 0.15) is 44.9 Å². The van der Waals surface area contributed by atoms with Gasteiger partial charge in [-0.05, 0) is 43.9 Å². The van der Waals surface area contributed by atoms with Gasteiger partial charge in [0.1, 0.15) is 54.9 Å². The van der Waals surface area contributed by atoms with Gasteiger partial charge >= 0.3 is 37.1 Å². The summed E-state index contributed by atoms with van der Waals surface area (Å²) in [6.45, 7) is -2.98. The van der Waals surface area contributed by atoms with Crippen LogP contribution in [-0.4, -0.2) is 235 Å². The number of anilines is 2. The van der Waals surface area contributed by atoms with Crippen molar-refractivity contribution in [3.8, 4) is 0 Å². The van der Waals surface area contributed by atoms with Crippen molar-refractivity contribution < 1.29 is 126 Å². The number of methoxy groups -OCH3 is 1. The Morgan fingerprint density at radius 3 is 2.12 bits per heavy atom. The van der Waals surface area contributed by atoms with Gasteiger partial charge in [-0.2, -0.15) is 30.0 Å². The Balaban J connectivity index is 1.28. The lowest BCUT2D eigenvalue weighted by Gasteiger charge is -2.47. The number of hydrogen-bond donors (Lipinski definition) is 15. The van der Waals surface area contributed by atoms with E-state index in [0.29, 0.717) is 23.0 Å². The number of rotatable bonds is 32. The maximum atomic E-state index is 12.6. The first kappa shape index (κ1) is 65.3. The number of carboxylic acid groups (broad SMARTS) is 1. The summed E-state index contributed by atoms with van der Waals surface area (Å²) >= 11 is 0. The van der Waals surface area contributed by atoms with Gasteiger partial charge in [-0.25, -0.2) is 13.2 Å². The third-order valence-corrected chi connectivity index (χ3v) is 15.9. The summed E-state index contributed by atoms with van der Waals surface area (Å²) in [7, 11) is -11.6. The Kier molecular flexibility index (Phi) is 26.1. The average Bonchev–Trinajstić information content (AvgIpc) is 3.86. The van der Waals surface area contributed by atoms with Crippen LogP contribution in [0, 0.1) is 0 Å². The molecular weight excluding hydrogens is 1130 g/mol. The molecule has 3 aliphatic rings. The van der Waals surface area contributed by atoms with Crippen molar-refractivity contribution in [3.63, 3.8) is 0 Å². The van der Waals surface area contributed by atoms with E-state index in [0.717, 1.165) is 32.1 Å². The predicted molar refractivity (Wildman–Crippen MR) is 261 cm³/mol. The number of carbonyl (C=O) groups is 4. The number of hydrogen-bond acceptors (Lipinski definition) is 26. The van der Waals surface area contributed by atoms with Crippen LogP contribution in [0.3, 0.4) is 0 Å². The molecule has 0 spiro atoms. The molecule has 15 atom stereocenters. The van der Waals surface area contributed by atoms with E-state index in [2.05, 4.69) is 29.6 Å². The summed E-state index contributed by atoms with van der Waals surface area (Å²) in [6.07, 6.45) is -25.2. The van der Waals surface area contributed by atoms with Gasteiger partial charge in [0.05, 0.1) is 25.9 Å². The molecular formula is C39H63N5O27S5. The van der Waals surface area contributed by atoms with Crippen LogP contribution in [0.2, 0.25) is 0 Å². The van der Waals surface area contributed by atoms with E-state index in [1.807, 2.05) is 21.6 Å². The van der Waals surface area contributed by atoms with Crippen LogP contribution >= 0.6 is 21.6 Å². The standard InChI is InChI=1S/C39H63N5O27S5/c1-65-33-24(18-67-75(59,60)61)68-38(28(31(33)52)44-74(56,57)58)69-34-32(53)35(71-76(62,63)64)39(70-36(34)37(54)55)66-17-23(46)30(51)29(50)22(45)15-41-19-6-4-7-20(14-19)43-26(48)10-5-12-40-27(49)16-42-25(47)9-3-2-8-21-11-13-72-73-21/h4,6-7,14,21-24,28-36,38-39,41,44-46,50-53H,2-3,5,8-13,15-18H2,1H3,(H,40,49)(H,42,47)(H,43,48)(H,54,55)(H,56,57,58)(H,59,60,61)(H,62,63,64)/t21?,22?,23?,24?,28?,29-,30+,31-,32+,33+,34-,35?,36?,38+,39-/m1/s1. The highest BCUT2D eigenvalue weighted by molar-refractivity contribution is 8.77. The summed E-state index contributed by atoms with van der Waals surface area (Å²) in [5, 5.41) is 86.3. The second-order valence-corrected chi connectivity index (χ2v) is 23.3. The quantitative estimate of drug-likeness (QED) is 0.0184. The highest BCUT2D eigenvalue weighted by atomic mass is 33.1. The fourth-order valence-electron chi connectivity index (χ4n) is 7.67. The smallest absolute Gasteiger partial charge is 0.397 e. The van der Waals surface area contributed by atoms with E-state index in [-0.39, 0.29) is 31.8 Å². The maximum absolute atomic E-state index is 12.6. The summed E-state index contributed by atoms with van der Waals surface area (Å²) in [6, 6.07) is 3.78. The zero-order valence-electron chi connectivity index (χ0n) is 40.1. The predicted octanol–water partition coefficient (Wildman–Crippen LogP) is -4.35. The largest absolute Gasteiger partial charge is 0.479 e. The first-order chi connectivity index (χ1) is 35.5. The van der Waals surface area contributed by atoms with E-state index < -0.39 is 154 Å². The van der Waals surface area contributed by atoms with Gasteiger partial charge in [0.25, 0.3) is 0 Å². The number of carbonyl (C=O) groups excluding carboxylic acids is 3. The summed E-state index contributed by atoms with van der Waals surface area (Å²) in [5.41, 5.74) is 0.593. The molecule has 3 amide bonds. The lowest BCUT2D eigenvalue weighted by molar-refractivity contribution is -0.340. The van der Waals surface area contributed by atoms with E-state index in [1.165, 1.54) is 35.4 Å². The molecule has 3 saturated heterocycles. The van der Waals surface area contributed by atoms with Crippen LogP contribution in [-0.2, 0) is 82.3 Å². The van der Waals surface area contributed by atoms with E-state index >= 15 is 0 Å². The third kappa shape index (κ3) is 22.1. The van der Waals surface area contributed by atoms with Gasteiger partial charge < -0.3 is 80.7 Å². The number of aliphatic hydroxyl groups excluding tert-OH is 6. The second kappa shape index (κ2) is 30.4. The molecule has 32 nitrogen and oxygen atoms in total. The highest BCUT2D eigenvalue weighted by Gasteiger charge is 2.56. The minimum absolute atomic E-state index is 0.00819. The first-order valence-corrected chi connectivity index (χ1v) is 29.5. The van der Waals surface area contributed by atoms with Gasteiger partial charge in [-0.3, -0.25) is 28.0 Å². The van der Waals surface area contributed by atoms with Crippen molar-refractivity contribution in [2.75, 3.05) is 56.3 Å². The Hall–Kier alpha value is -3.23. The highest BCUT2D eigenvalue weighted by Crippen LogP contribution is 2.40. The molecule has 37 heteroatoms. The minimum atomic E-state index is -5.67. The Labute approximate surface area is 443 Å². The molecule has 3 aliphatic heterocycles. The fourth-order valence-corrected chi connectivity index (χ4v) is 12.1. The number of unbranched alkanes of at least 4 members (excludes halogenated alkanes) is 1. The van der Waals surface area contributed by atoms with E-state index in [4.69, 9.17) is 28.2 Å². The van der Waals surface area contributed by atoms with Gasteiger partial charge in [0.2, 0.25) is 17.7 Å². The van der Waals surface area contributed by atoms with Crippen molar-refractivity contribution in [2.24, 2.45) is 0 Å². The number of carboxylic acids is 1. The Morgan fingerprint density at radius 2 is 1.49 bits per heavy atom. The first-order valence-electron chi connectivity index (χ1n) is 23.0. The maximum Gasteiger partial charge on any atom is 0.397 e. The number of aliphatic carboxylic acids is 1. The molecule has 0 aromatic heterocycles. The number of nitrogens with one attached hydrogen (secondary N) is 5. The Morgan fingerprint density at radius 1 is 0.803 bits per heavy atom. The van der Waals surface area contributed by atoms with Gasteiger partial charge in [-0.15, -0.1) is 0 Å². The van der Waals surface area contributed by atoms with Crippen LogP contribution in [0.5, 0.6) is 0 Å². The normalized spacial score (nSPS) is 27.9. The van der Waals surface area contributed by atoms with Crippen LogP contribution in [0.15, 0.2) is 24.3 Å². The molecule has 0 bridgehead atoms. The van der Waals surface area contributed by atoms with Gasteiger partial charge in [0.15, 0.2) is 24.8 Å². The molecule has 0 aliphatic carbocycles. The van der Waals surface area contributed by atoms with Crippen molar-refractivity contribution in [1.29, 1.82) is 0 Å². The Bertz CT molecular complexity index is 2390. The van der Waals surface area contributed by atoms with E-state index in [1.54, 1.807) is 0 Å². The molecule has 1 aromatic carbocycles. The molecule has 0 radical (unpaired) electrons. The fraction of sp³-hybridized carbons (Fsp3) is 0.744. The number of aliphatic hydroxyl groups is 6. The summed E-state index contributed by atoms with van der Waals surface area (Å²) < 4.78 is 135. The van der Waals surface area contributed by atoms with Crippen molar-refractivity contribution >= 4 is 87.8 Å². The minimum Gasteiger partial charge on any atom is -0.479 e. The van der Waals surface area contributed by atoms with Crippen molar-refractivity contribution in [3.05, 3.63) is 24.3 Å². The molecule has 7 unspecified atom stereocenters. The zero-order valence-corrected chi connectivity index (χ0v) is 44.2. The number of amides is 3. The lowest BCUT2D eigenvalue weighted by Crippen LogP contribution is -2.68. The molecule has 3 fully saturated rings. The summed E-state index contributed by atoms with van der Waals surface area (Å²) in [5.74, 6) is -1.96. The molecule has 436 valence electrons. The molecule has 3 heterocycles. The van der Waals surface area contributed by atoms with Crippen LogP contribution < -0.4 is 26.0 Å². The third-order valence-electron chi connectivity index (χ3n) is 11.4. The number of ether oxygens (including phenoxy) is 5. The molecule has 76 heavy (non-hydrogen) atoms. The van der Waals surface area contributed by atoms with Crippen LogP contribution in [0.25, 0.3) is 0 Å². The zero-order chi connectivity index (χ0) is 56.5. The topological polar surface area (TPSA) is 498 Å². The second-order valence-electron chi connectivity index (χ2n) is 17.2. The number of benzene rings is 1. The molecule has 0 saturated carbocycles. The summed E-state index contributed by atoms with van der Waals surface area (Å²) in [4.78, 5) is 49.3. The monoisotopic (exact) mass is 1190 g/mol.